The molecule has 5 nitrogen and oxygen atoms in total. The van der Waals surface area contributed by atoms with E-state index in [1.807, 2.05) is 7.05 Å². The SMILES string of the molecule is Cn1ccc(C(=O)NC2CCN(CCCc3ccccc3)CC2)n1. The van der Waals surface area contributed by atoms with E-state index in [1.165, 1.54) is 12.0 Å². The number of aryl methyl sites for hydroxylation is 2. The summed E-state index contributed by atoms with van der Waals surface area (Å²) >= 11 is 0. The first-order valence-electron chi connectivity index (χ1n) is 8.77. The average molecular weight is 326 g/mol. The number of benzene rings is 1. The highest BCUT2D eigenvalue weighted by Crippen LogP contribution is 2.12. The predicted molar refractivity (Wildman–Crippen MR) is 94.9 cm³/mol. The lowest BCUT2D eigenvalue weighted by molar-refractivity contribution is 0.0905. The van der Waals surface area contributed by atoms with E-state index in [0.717, 1.165) is 38.9 Å². The molecule has 0 radical (unpaired) electrons. The molecular weight excluding hydrogens is 300 g/mol. The number of carbonyl (C=O) groups is 1. The molecular formula is C19H26N4O. The van der Waals surface area contributed by atoms with E-state index >= 15 is 0 Å². The van der Waals surface area contributed by atoms with E-state index in [4.69, 9.17) is 0 Å². The van der Waals surface area contributed by atoms with Crippen LogP contribution in [0, 0.1) is 0 Å². The molecule has 2 aromatic rings. The highest BCUT2D eigenvalue weighted by molar-refractivity contribution is 5.92. The fraction of sp³-hybridized carbons (Fsp3) is 0.474. The fourth-order valence-corrected chi connectivity index (χ4v) is 3.25. The summed E-state index contributed by atoms with van der Waals surface area (Å²) in [5, 5.41) is 7.26. The summed E-state index contributed by atoms with van der Waals surface area (Å²) in [5.74, 6) is -0.0573. The normalized spacial score (nSPS) is 16.2. The van der Waals surface area contributed by atoms with Crippen LogP contribution >= 0.6 is 0 Å². The molecule has 1 amide bonds. The molecule has 0 spiro atoms. The molecule has 0 unspecified atom stereocenters. The van der Waals surface area contributed by atoms with Crippen LogP contribution in [-0.2, 0) is 13.5 Å². The van der Waals surface area contributed by atoms with Crippen LogP contribution in [0.5, 0.6) is 0 Å². The van der Waals surface area contributed by atoms with Crippen molar-refractivity contribution in [1.82, 2.24) is 20.0 Å². The van der Waals surface area contributed by atoms with Crippen molar-refractivity contribution in [1.29, 1.82) is 0 Å². The van der Waals surface area contributed by atoms with E-state index in [9.17, 15) is 4.79 Å². The quantitative estimate of drug-likeness (QED) is 0.886. The molecule has 0 bridgehead atoms. The molecule has 1 N–H and O–H groups in total. The topological polar surface area (TPSA) is 50.2 Å². The van der Waals surface area contributed by atoms with Crippen LogP contribution in [0.3, 0.4) is 0 Å². The summed E-state index contributed by atoms with van der Waals surface area (Å²) in [6.07, 6.45) is 6.16. The molecule has 1 aromatic heterocycles. The van der Waals surface area contributed by atoms with Crippen LogP contribution in [0.25, 0.3) is 0 Å². The van der Waals surface area contributed by atoms with Gasteiger partial charge in [0.25, 0.3) is 5.91 Å². The van der Waals surface area contributed by atoms with Crippen molar-refractivity contribution in [3.8, 4) is 0 Å². The van der Waals surface area contributed by atoms with E-state index < -0.39 is 0 Å². The third-order valence-electron chi connectivity index (χ3n) is 4.65. The Bertz CT molecular complexity index is 644. The van der Waals surface area contributed by atoms with Crippen LogP contribution < -0.4 is 5.32 Å². The number of nitrogens with zero attached hydrogens (tertiary/aromatic N) is 3. The van der Waals surface area contributed by atoms with Crippen molar-refractivity contribution in [3.05, 3.63) is 53.9 Å². The molecule has 1 aliphatic rings. The Morgan fingerprint density at radius 2 is 1.96 bits per heavy atom. The molecule has 1 saturated heterocycles. The van der Waals surface area contributed by atoms with Gasteiger partial charge in [0.05, 0.1) is 0 Å². The summed E-state index contributed by atoms with van der Waals surface area (Å²) in [7, 11) is 1.82. The minimum absolute atomic E-state index is 0.0573. The largest absolute Gasteiger partial charge is 0.348 e. The lowest BCUT2D eigenvalue weighted by atomic mass is 10.0. The minimum atomic E-state index is -0.0573. The Morgan fingerprint density at radius 1 is 1.21 bits per heavy atom. The second kappa shape index (κ2) is 8.11. The Hall–Kier alpha value is -2.14. The van der Waals surface area contributed by atoms with Gasteiger partial charge in [0.2, 0.25) is 0 Å². The maximum atomic E-state index is 12.1. The van der Waals surface area contributed by atoms with Crippen LogP contribution in [-0.4, -0.2) is 46.3 Å². The van der Waals surface area contributed by atoms with E-state index in [0.29, 0.717) is 5.69 Å². The Kier molecular flexibility index (Phi) is 5.64. The first-order valence-corrected chi connectivity index (χ1v) is 8.77. The number of hydrogen-bond donors (Lipinski definition) is 1. The third-order valence-corrected chi connectivity index (χ3v) is 4.65. The molecule has 3 rings (SSSR count). The molecule has 1 aromatic carbocycles. The van der Waals surface area contributed by atoms with E-state index in [1.54, 1.807) is 16.9 Å². The van der Waals surface area contributed by atoms with Crippen molar-refractivity contribution < 1.29 is 4.79 Å². The molecule has 0 saturated carbocycles. The maximum Gasteiger partial charge on any atom is 0.271 e. The van der Waals surface area contributed by atoms with Gasteiger partial charge >= 0.3 is 0 Å². The first-order chi connectivity index (χ1) is 11.7. The van der Waals surface area contributed by atoms with Crippen molar-refractivity contribution in [2.45, 2.75) is 31.7 Å². The summed E-state index contributed by atoms with van der Waals surface area (Å²) in [4.78, 5) is 14.6. The molecule has 24 heavy (non-hydrogen) atoms. The van der Waals surface area contributed by atoms with Gasteiger partial charge in [-0.25, -0.2) is 0 Å². The van der Waals surface area contributed by atoms with Crippen molar-refractivity contribution in [2.24, 2.45) is 7.05 Å². The van der Waals surface area contributed by atoms with Gasteiger partial charge in [-0.3, -0.25) is 9.48 Å². The summed E-state index contributed by atoms with van der Waals surface area (Å²) < 4.78 is 1.66. The molecule has 2 heterocycles. The number of hydrogen-bond acceptors (Lipinski definition) is 3. The van der Waals surface area contributed by atoms with Gasteiger partial charge in [-0.15, -0.1) is 0 Å². The van der Waals surface area contributed by atoms with Gasteiger partial charge in [-0.05, 0) is 43.9 Å². The average Bonchev–Trinajstić information content (AvgIpc) is 3.04. The highest BCUT2D eigenvalue weighted by atomic mass is 16.2. The van der Waals surface area contributed by atoms with Crippen molar-refractivity contribution >= 4 is 5.91 Å². The molecule has 1 aliphatic heterocycles. The van der Waals surface area contributed by atoms with Gasteiger partial charge in [0.1, 0.15) is 5.69 Å². The van der Waals surface area contributed by atoms with Crippen molar-refractivity contribution in [3.63, 3.8) is 0 Å². The number of aromatic nitrogens is 2. The number of rotatable bonds is 6. The van der Waals surface area contributed by atoms with E-state index in [2.05, 4.69) is 45.6 Å². The smallest absolute Gasteiger partial charge is 0.271 e. The van der Waals surface area contributed by atoms with Crippen LogP contribution in [0.1, 0.15) is 35.3 Å². The molecule has 1 fully saturated rings. The lowest BCUT2D eigenvalue weighted by Crippen LogP contribution is -2.45. The number of carbonyl (C=O) groups excluding carboxylic acids is 1. The maximum absolute atomic E-state index is 12.1. The van der Waals surface area contributed by atoms with Crippen LogP contribution in [0.4, 0.5) is 0 Å². The second-order valence-electron chi connectivity index (χ2n) is 6.55. The standard InChI is InChI=1S/C19H26N4O/c1-22-13-11-18(21-22)19(24)20-17-9-14-23(15-10-17)12-5-8-16-6-3-2-4-7-16/h2-4,6-7,11,13,17H,5,8-10,12,14-15H2,1H3,(H,20,24). The van der Waals surface area contributed by atoms with Gasteiger partial charge in [-0.2, -0.15) is 5.10 Å². The number of amides is 1. The zero-order chi connectivity index (χ0) is 16.8. The van der Waals surface area contributed by atoms with Crippen LogP contribution in [0.2, 0.25) is 0 Å². The molecule has 128 valence electrons. The zero-order valence-corrected chi connectivity index (χ0v) is 14.3. The van der Waals surface area contributed by atoms with Crippen molar-refractivity contribution in [2.75, 3.05) is 19.6 Å². The summed E-state index contributed by atoms with van der Waals surface area (Å²) in [6.45, 7) is 3.25. The third kappa shape index (κ3) is 4.68. The second-order valence-corrected chi connectivity index (χ2v) is 6.55. The highest BCUT2D eigenvalue weighted by Gasteiger charge is 2.21. The van der Waals surface area contributed by atoms with Crippen LogP contribution in [0.15, 0.2) is 42.6 Å². The van der Waals surface area contributed by atoms with E-state index in [-0.39, 0.29) is 11.9 Å². The Balaban J connectivity index is 1.36. The predicted octanol–water partition coefficient (Wildman–Crippen LogP) is 2.25. The van der Waals surface area contributed by atoms with Gasteiger partial charge in [-0.1, -0.05) is 30.3 Å². The first kappa shape index (κ1) is 16.7. The zero-order valence-electron chi connectivity index (χ0n) is 14.3. The van der Waals surface area contributed by atoms with Gasteiger partial charge in [0, 0.05) is 32.4 Å². The summed E-state index contributed by atoms with van der Waals surface area (Å²) in [5.41, 5.74) is 1.91. The number of likely N-dealkylation sites (tertiary alicyclic amines) is 1. The Labute approximate surface area is 143 Å². The minimum Gasteiger partial charge on any atom is -0.348 e. The molecule has 0 atom stereocenters. The number of nitrogens with one attached hydrogen (secondary N) is 1. The van der Waals surface area contributed by atoms with Gasteiger partial charge < -0.3 is 10.2 Å². The lowest BCUT2D eigenvalue weighted by Gasteiger charge is -2.32. The molecule has 5 heteroatoms. The number of piperidine rings is 1. The molecule has 0 aliphatic carbocycles. The fourth-order valence-electron chi connectivity index (χ4n) is 3.25. The summed E-state index contributed by atoms with van der Waals surface area (Å²) in [6, 6.07) is 12.7. The monoisotopic (exact) mass is 326 g/mol. The Morgan fingerprint density at radius 3 is 2.62 bits per heavy atom. The van der Waals surface area contributed by atoms with Gasteiger partial charge in [0.15, 0.2) is 0 Å².